The van der Waals surface area contributed by atoms with Crippen LogP contribution in [0.25, 0.3) is 0 Å². The molecule has 0 bridgehead atoms. The van der Waals surface area contributed by atoms with E-state index in [9.17, 15) is 9.59 Å². The van der Waals surface area contributed by atoms with Crippen LogP contribution in [0, 0.1) is 0 Å². The van der Waals surface area contributed by atoms with Crippen molar-refractivity contribution in [3.63, 3.8) is 0 Å². The number of nitrogens with zero attached hydrogens (tertiary/aromatic N) is 1. The minimum atomic E-state index is -0.589. The normalized spacial score (nSPS) is 19.7. The molecule has 2 N–H and O–H groups in total. The third-order valence-corrected chi connectivity index (χ3v) is 5.64. The van der Waals surface area contributed by atoms with Crippen LogP contribution in [0.1, 0.15) is 25.5 Å². The van der Waals surface area contributed by atoms with Gasteiger partial charge in [0.15, 0.2) is 11.5 Å². The van der Waals surface area contributed by atoms with Gasteiger partial charge in [-0.1, -0.05) is 49.4 Å². The van der Waals surface area contributed by atoms with Gasteiger partial charge in [0, 0.05) is 18.8 Å². The average molecular weight is 452 g/mol. The van der Waals surface area contributed by atoms with Crippen molar-refractivity contribution in [2.75, 3.05) is 32.8 Å². The van der Waals surface area contributed by atoms with E-state index in [0.29, 0.717) is 37.5 Å². The molecular weight excluding hydrogens is 422 g/mol. The van der Waals surface area contributed by atoms with Gasteiger partial charge in [-0.25, -0.2) is 9.59 Å². The first kappa shape index (κ1) is 22.7. The highest BCUT2D eigenvalue weighted by atomic mass is 16.6. The second-order valence-corrected chi connectivity index (χ2v) is 7.88. The summed E-state index contributed by atoms with van der Waals surface area (Å²) < 4.78 is 17.3. The predicted molar refractivity (Wildman–Crippen MR) is 123 cm³/mol. The molecule has 0 aromatic heterocycles. The molecule has 8 heteroatoms. The van der Waals surface area contributed by atoms with Gasteiger partial charge in [-0.2, -0.15) is 0 Å². The Balaban J connectivity index is 1.57. The van der Waals surface area contributed by atoms with Gasteiger partial charge >= 0.3 is 12.0 Å². The summed E-state index contributed by atoms with van der Waals surface area (Å²) in [6.45, 7) is 6.10. The van der Waals surface area contributed by atoms with E-state index in [1.807, 2.05) is 61.5 Å². The zero-order chi connectivity index (χ0) is 23.2. The topological polar surface area (TPSA) is 89.1 Å². The molecule has 0 unspecified atom stereocenters. The van der Waals surface area contributed by atoms with E-state index in [-0.39, 0.29) is 18.7 Å². The maximum atomic E-state index is 13.0. The smallest absolute Gasteiger partial charge is 0.338 e. The first-order valence-electron chi connectivity index (χ1n) is 11.2. The van der Waals surface area contributed by atoms with E-state index in [0.717, 1.165) is 17.1 Å². The number of fused-ring (bicyclic) bond motifs is 1. The molecule has 0 aliphatic carbocycles. The molecule has 33 heavy (non-hydrogen) atoms. The Labute approximate surface area is 193 Å². The first-order valence-corrected chi connectivity index (χ1v) is 11.2. The largest absolute Gasteiger partial charge is 0.486 e. The molecule has 2 aliphatic rings. The summed E-state index contributed by atoms with van der Waals surface area (Å²) in [5.74, 6) is 1.01. The second kappa shape index (κ2) is 10.4. The van der Waals surface area contributed by atoms with E-state index in [1.54, 1.807) is 6.92 Å². The molecule has 2 aliphatic heterocycles. The van der Waals surface area contributed by atoms with E-state index in [4.69, 9.17) is 14.2 Å². The van der Waals surface area contributed by atoms with Crippen LogP contribution >= 0.6 is 0 Å². The average Bonchev–Trinajstić information content (AvgIpc) is 2.83. The molecular formula is C25H29N3O5. The van der Waals surface area contributed by atoms with Crippen LogP contribution in [-0.4, -0.2) is 55.9 Å². The number of carbonyl (C=O) groups excluding carboxylic acids is 2. The molecule has 2 atom stereocenters. The molecule has 0 saturated carbocycles. The Hall–Kier alpha value is -3.52. The lowest BCUT2D eigenvalue weighted by molar-refractivity contribution is -0.139. The standard InChI is InChI=1S/C25H29N3O5/c1-3-28(14-18-16-32-20-12-8-9-13-21(20)33-18)15-19-22(24(29)31-4-2)23(27-25(30)26-19)17-10-6-5-7-11-17/h5-13,18,23H,3-4,14-16H2,1-2H3,(H2,26,27,30)/t18-,23+/m0/s1. The molecule has 2 aromatic rings. The summed E-state index contributed by atoms with van der Waals surface area (Å²) in [7, 11) is 0. The quantitative estimate of drug-likeness (QED) is 0.600. The Bertz CT molecular complexity index is 1020. The van der Waals surface area contributed by atoms with Crippen LogP contribution in [-0.2, 0) is 9.53 Å². The number of nitrogens with one attached hydrogen (secondary N) is 2. The fourth-order valence-corrected chi connectivity index (χ4v) is 4.06. The van der Waals surface area contributed by atoms with Crippen molar-refractivity contribution in [2.24, 2.45) is 0 Å². The molecule has 0 spiro atoms. The number of hydrogen-bond donors (Lipinski definition) is 2. The predicted octanol–water partition coefficient (Wildman–Crippen LogP) is 3.02. The Morgan fingerprint density at radius 2 is 1.82 bits per heavy atom. The monoisotopic (exact) mass is 451 g/mol. The number of amides is 2. The van der Waals surface area contributed by atoms with Crippen molar-refractivity contribution < 1.29 is 23.8 Å². The zero-order valence-electron chi connectivity index (χ0n) is 18.9. The Morgan fingerprint density at radius 3 is 2.55 bits per heavy atom. The van der Waals surface area contributed by atoms with Crippen LogP contribution < -0.4 is 20.1 Å². The van der Waals surface area contributed by atoms with Crippen LogP contribution in [0.3, 0.4) is 0 Å². The molecule has 2 amide bonds. The van der Waals surface area contributed by atoms with E-state index < -0.39 is 12.0 Å². The SMILES string of the molecule is CCOC(=O)C1=C(CN(CC)C[C@H]2COc3ccccc3O2)NC(=O)N[C@@H]1c1ccccc1. The minimum absolute atomic E-state index is 0.172. The highest BCUT2D eigenvalue weighted by Crippen LogP contribution is 2.31. The van der Waals surface area contributed by atoms with E-state index in [2.05, 4.69) is 15.5 Å². The summed E-state index contributed by atoms with van der Waals surface area (Å²) >= 11 is 0. The Kier molecular flexibility index (Phi) is 7.14. The number of esters is 1. The maximum absolute atomic E-state index is 13.0. The highest BCUT2D eigenvalue weighted by molar-refractivity contribution is 5.95. The number of likely N-dealkylation sites (N-methyl/N-ethyl adjacent to an activating group) is 1. The first-order chi connectivity index (χ1) is 16.1. The highest BCUT2D eigenvalue weighted by Gasteiger charge is 2.34. The van der Waals surface area contributed by atoms with Crippen LogP contribution in [0.2, 0.25) is 0 Å². The third-order valence-electron chi connectivity index (χ3n) is 5.64. The summed E-state index contributed by atoms with van der Waals surface area (Å²) in [6.07, 6.45) is -0.172. The molecule has 2 aromatic carbocycles. The lowest BCUT2D eigenvalue weighted by Gasteiger charge is -2.34. The van der Waals surface area contributed by atoms with E-state index >= 15 is 0 Å². The van der Waals surface area contributed by atoms with Crippen LogP contribution in [0.15, 0.2) is 65.9 Å². The van der Waals surface area contributed by atoms with Gasteiger partial charge in [0.25, 0.3) is 0 Å². The molecule has 8 nitrogen and oxygen atoms in total. The Morgan fingerprint density at radius 1 is 1.09 bits per heavy atom. The summed E-state index contributed by atoms with van der Waals surface area (Å²) in [5, 5.41) is 5.70. The van der Waals surface area contributed by atoms with Crippen molar-refractivity contribution in [2.45, 2.75) is 26.0 Å². The summed E-state index contributed by atoms with van der Waals surface area (Å²) in [5.41, 5.74) is 1.76. The van der Waals surface area contributed by atoms with Gasteiger partial charge in [0.05, 0.1) is 18.2 Å². The lowest BCUT2D eigenvalue weighted by atomic mass is 9.95. The molecule has 0 radical (unpaired) electrons. The van der Waals surface area contributed by atoms with Crippen molar-refractivity contribution >= 4 is 12.0 Å². The second-order valence-electron chi connectivity index (χ2n) is 7.88. The number of carbonyl (C=O) groups is 2. The molecule has 0 fully saturated rings. The number of urea groups is 1. The zero-order valence-corrected chi connectivity index (χ0v) is 18.9. The maximum Gasteiger partial charge on any atom is 0.338 e. The van der Waals surface area contributed by atoms with Gasteiger partial charge in [0.1, 0.15) is 12.7 Å². The fraction of sp³-hybridized carbons (Fsp3) is 0.360. The van der Waals surface area contributed by atoms with Gasteiger partial charge in [-0.3, -0.25) is 4.90 Å². The van der Waals surface area contributed by atoms with Crippen LogP contribution in [0.4, 0.5) is 4.79 Å². The summed E-state index contributed by atoms with van der Waals surface area (Å²) in [6, 6.07) is 16.1. The molecule has 0 saturated heterocycles. The number of hydrogen-bond acceptors (Lipinski definition) is 6. The van der Waals surface area contributed by atoms with Crippen molar-refractivity contribution in [3.8, 4) is 11.5 Å². The lowest BCUT2D eigenvalue weighted by Crippen LogP contribution is -2.49. The van der Waals surface area contributed by atoms with Gasteiger partial charge < -0.3 is 24.8 Å². The van der Waals surface area contributed by atoms with E-state index in [1.165, 1.54) is 0 Å². The van der Waals surface area contributed by atoms with Crippen LogP contribution in [0.5, 0.6) is 11.5 Å². The summed E-state index contributed by atoms with van der Waals surface area (Å²) in [4.78, 5) is 27.6. The number of benzene rings is 2. The molecule has 4 rings (SSSR count). The number of para-hydroxylation sites is 2. The molecule has 2 heterocycles. The van der Waals surface area contributed by atoms with Crippen molar-refractivity contribution in [3.05, 3.63) is 71.4 Å². The van der Waals surface area contributed by atoms with Gasteiger partial charge in [0.2, 0.25) is 0 Å². The van der Waals surface area contributed by atoms with Crippen molar-refractivity contribution in [1.29, 1.82) is 0 Å². The van der Waals surface area contributed by atoms with Gasteiger partial charge in [-0.05, 0) is 31.2 Å². The third kappa shape index (κ3) is 5.28. The number of rotatable bonds is 8. The minimum Gasteiger partial charge on any atom is -0.486 e. The number of ether oxygens (including phenoxy) is 3. The fourth-order valence-electron chi connectivity index (χ4n) is 4.06. The van der Waals surface area contributed by atoms with Gasteiger partial charge in [-0.15, -0.1) is 0 Å². The molecule has 174 valence electrons. The van der Waals surface area contributed by atoms with Crippen molar-refractivity contribution in [1.82, 2.24) is 15.5 Å².